The Balaban J connectivity index is 1.41. The average molecular weight is 422 g/mol. The number of fused-ring (bicyclic) bond motifs is 2. The van der Waals surface area contributed by atoms with Crippen molar-refractivity contribution in [3.8, 4) is 28.1 Å². The summed E-state index contributed by atoms with van der Waals surface area (Å²) in [4.78, 5) is 9.47. The summed E-state index contributed by atoms with van der Waals surface area (Å²) in [7, 11) is 0. The van der Waals surface area contributed by atoms with Gasteiger partial charge in [-0.1, -0.05) is 24.6 Å². The highest BCUT2D eigenvalue weighted by atomic mass is 16.3. The number of aromatic amines is 2. The minimum absolute atomic E-state index is 0.282. The van der Waals surface area contributed by atoms with Crippen molar-refractivity contribution in [1.82, 2.24) is 14.9 Å². The van der Waals surface area contributed by atoms with Crippen molar-refractivity contribution in [3.05, 3.63) is 78.6 Å². The second kappa shape index (κ2) is 7.88. The van der Waals surface area contributed by atoms with Gasteiger partial charge in [-0.05, 0) is 85.1 Å². The molecule has 0 atom stereocenters. The Kier molecular flexibility index (Phi) is 4.73. The van der Waals surface area contributed by atoms with Gasteiger partial charge < -0.3 is 15.1 Å². The molecule has 32 heavy (non-hydrogen) atoms. The van der Waals surface area contributed by atoms with E-state index < -0.39 is 0 Å². The van der Waals surface area contributed by atoms with Crippen molar-refractivity contribution in [3.63, 3.8) is 0 Å². The molecule has 1 aliphatic rings. The number of phenols is 1. The van der Waals surface area contributed by atoms with Gasteiger partial charge in [-0.3, -0.25) is 4.90 Å². The summed E-state index contributed by atoms with van der Waals surface area (Å²) in [6.45, 7) is 3.46. The van der Waals surface area contributed by atoms with Crippen LogP contribution in [-0.4, -0.2) is 33.1 Å². The number of benzene rings is 3. The smallest absolute Gasteiger partial charge is 0.116 e. The van der Waals surface area contributed by atoms with Gasteiger partial charge >= 0.3 is 0 Å². The molecule has 0 amide bonds. The molecular formula is C28H27N3O. The summed E-state index contributed by atoms with van der Waals surface area (Å²) in [5, 5.41) is 13.6. The first-order chi connectivity index (χ1) is 15.7. The summed E-state index contributed by atoms with van der Waals surface area (Å²) in [6.07, 6.45) is 8.10. The lowest BCUT2D eigenvalue weighted by molar-refractivity contribution is 0.221. The molecule has 0 radical (unpaired) electrons. The van der Waals surface area contributed by atoms with Crippen LogP contribution in [0, 0.1) is 0 Å². The molecule has 3 N–H and O–H groups in total. The molecule has 5 aromatic rings. The number of rotatable bonds is 4. The van der Waals surface area contributed by atoms with Gasteiger partial charge in [0.05, 0.1) is 0 Å². The monoisotopic (exact) mass is 421 g/mol. The average Bonchev–Trinajstić information content (AvgIpc) is 3.46. The highest BCUT2D eigenvalue weighted by Crippen LogP contribution is 2.36. The van der Waals surface area contributed by atoms with Crippen LogP contribution in [-0.2, 0) is 6.54 Å². The topological polar surface area (TPSA) is 55.0 Å². The van der Waals surface area contributed by atoms with Crippen molar-refractivity contribution in [1.29, 1.82) is 0 Å². The third-order valence-electron chi connectivity index (χ3n) is 6.69. The van der Waals surface area contributed by atoms with Crippen LogP contribution in [0.2, 0.25) is 0 Å². The molecule has 0 aliphatic carbocycles. The first kappa shape index (κ1) is 19.2. The van der Waals surface area contributed by atoms with Gasteiger partial charge in [-0.2, -0.15) is 0 Å². The fraction of sp³-hybridized carbons (Fsp3) is 0.214. The number of H-pyrrole nitrogens is 2. The second-order valence-electron chi connectivity index (χ2n) is 8.97. The van der Waals surface area contributed by atoms with E-state index in [-0.39, 0.29) is 5.75 Å². The van der Waals surface area contributed by atoms with Gasteiger partial charge in [0.2, 0.25) is 0 Å². The molecule has 3 heterocycles. The molecule has 3 aromatic carbocycles. The highest BCUT2D eigenvalue weighted by Gasteiger charge is 2.14. The van der Waals surface area contributed by atoms with Crippen LogP contribution >= 0.6 is 0 Å². The molecule has 2 aromatic heterocycles. The molecule has 0 bridgehead atoms. The Bertz CT molecular complexity index is 1410. The number of nitrogens with zero attached hydrogens (tertiary/aromatic N) is 1. The Morgan fingerprint density at radius 1 is 0.812 bits per heavy atom. The third-order valence-corrected chi connectivity index (χ3v) is 6.69. The molecular weight excluding hydrogens is 394 g/mol. The van der Waals surface area contributed by atoms with E-state index in [1.165, 1.54) is 48.7 Å². The largest absolute Gasteiger partial charge is 0.508 e. The van der Waals surface area contributed by atoms with Crippen molar-refractivity contribution in [2.75, 3.05) is 13.1 Å². The number of piperidine rings is 1. The van der Waals surface area contributed by atoms with Gasteiger partial charge in [0, 0.05) is 51.9 Å². The van der Waals surface area contributed by atoms with Crippen molar-refractivity contribution in [2.24, 2.45) is 0 Å². The molecule has 1 saturated heterocycles. The molecule has 0 spiro atoms. The van der Waals surface area contributed by atoms with Gasteiger partial charge in [0.15, 0.2) is 0 Å². The van der Waals surface area contributed by atoms with Crippen LogP contribution in [0.3, 0.4) is 0 Å². The Morgan fingerprint density at radius 3 is 2.59 bits per heavy atom. The van der Waals surface area contributed by atoms with E-state index in [2.05, 4.69) is 57.5 Å². The van der Waals surface area contributed by atoms with Crippen LogP contribution in [0.25, 0.3) is 44.1 Å². The van der Waals surface area contributed by atoms with Crippen LogP contribution in [0.4, 0.5) is 0 Å². The summed E-state index contributed by atoms with van der Waals surface area (Å²) in [5.41, 5.74) is 6.92. The molecule has 1 fully saturated rings. The van der Waals surface area contributed by atoms with E-state index in [1.54, 1.807) is 6.07 Å². The minimum atomic E-state index is 0.282. The molecule has 1 aliphatic heterocycles. The lowest BCUT2D eigenvalue weighted by Crippen LogP contribution is -2.28. The van der Waals surface area contributed by atoms with E-state index in [9.17, 15) is 5.11 Å². The maximum absolute atomic E-state index is 9.96. The molecule has 0 saturated carbocycles. The Morgan fingerprint density at radius 2 is 1.72 bits per heavy atom. The Hall–Kier alpha value is -3.50. The predicted octanol–water partition coefficient (Wildman–Crippen LogP) is 6.67. The van der Waals surface area contributed by atoms with Crippen LogP contribution in [0.1, 0.15) is 24.8 Å². The third kappa shape index (κ3) is 3.57. The highest BCUT2D eigenvalue weighted by molar-refractivity contribution is 6.01. The van der Waals surface area contributed by atoms with E-state index in [1.807, 2.05) is 24.4 Å². The van der Waals surface area contributed by atoms with Gasteiger partial charge in [-0.25, -0.2) is 0 Å². The summed E-state index contributed by atoms with van der Waals surface area (Å²) in [6, 6.07) is 20.9. The van der Waals surface area contributed by atoms with Crippen molar-refractivity contribution in [2.45, 2.75) is 25.8 Å². The number of hydrogen-bond donors (Lipinski definition) is 3. The maximum atomic E-state index is 9.96. The number of likely N-dealkylation sites (tertiary alicyclic amines) is 1. The number of nitrogens with one attached hydrogen (secondary N) is 2. The van der Waals surface area contributed by atoms with Crippen LogP contribution in [0.5, 0.6) is 5.75 Å². The molecule has 6 rings (SSSR count). The van der Waals surface area contributed by atoms with Crippen molar-refractivity contribution >= 4 is 21.7 Å². The lowest BCUT2D eigenvalue weighted by Gasteiger charge is -2.26. The quantitative estimate of drug-likeness (QED) is 0.303. The molecule has 4 heteroatoms. The SMILES string of the molecule is Oc1cccc(-c2cc(-c3cc4cc(CN5CCCCC5)ccc4[nH]3)c3c[nH]cc3c2)c1. The summed E-state index contributed by atoms with van der Waals surface area (Å²) >= 11 is 0. The zero-order valence-electron chi connectivity index (χ0n) is 18.1. The van der Waals surface area contributed by atoms with E-state index in [0.717, 1.165) is 39.8 Å². The van der Waals surface area contributed by atoms with Crippen LogP contribution in [0.15, 0.2) is 73.1 Å². The molecule has 0 unspecified atom stereocenters. The predicted molar refractivity (Wildman–Crippen MR) is 132 cm³/mol. The van der Waals surface area contributed by atoms with E-state index in [4.69, 9.17) is 0 Å². The van der Waals surface area contributed by atoms with Gasteiger partial charge in [0.1, 0.15) is 5.75 Å². The first-order valence-electron chi connectivity index (χ1n) is 11.5. The van der Waals surface area contributed by atoms with Crippen molar-refractivity contribution < 1.29 is 5.11 Å². The maximum Gasteiger partial charge on any atom is 0.116 e. The minimum Gasteiger partial charge on any atom is -0.508 e. The summed E-state index contributed by atoms with van der Waals surface area (Å²) in [5.74, 6) is 0.282. The number of aromatic hydroxyl groups is 1. The summed E-state index contributed by atoms with van der Waals surface area (Å²) < 4.78 is 0. The standard InChI is InChI=1S/C28H27N3O/c32-24-6-4-5-20(13-24)21-12-23-16-29-17-26(23)25(14-21)28-15-22-11-19(7-8-27(22)30-28)18-31-9-2-1-3-10-31/h4-8,11-17,29-30,32H,1-3,9-10,18H2. The molecule has 4 nitrogen and oxygen atoms in total. The normalized spacial score (nSPS) is 15.0. The number of aromatic nitrogens is 2. The number of phenolic OH excluding ortho intramolecular Hbond substituents is 1. The molecule has 160 valence electrons. The second-order valence-corrected chi connectivity index (χ2v) is 8.97. The van der Waals surface area contributed by atoms with E-state index >= 15 is 0 Å². The number of hydrogen-bond acceptors (Lipinski definition) is 2. The lowest BCUT2D eigenvalue weighted by atomic mass is 9.97. The van der Waals surface area contributed by atoms with E-state index in [0.29, 0.717) is 0 Å². The fourth-order valence-electron chi connectivity index (χ4n) is 5.05. The fourth-order valence-corrected chi connectivity index (χ4v) is 5.05. The zero-order valence-corrected chi connectivity index (χ0v) is 18.1. The van der Waals surface area contributed by atoms with Gasteiger partial charge in [-0.15, -0.1) is 0 Å². The Labute approximate surface area is 187 Å². The van der Waals surface area contributed by atoms with Gasteiger partial charge in [0.25, 0.3) is 0 Å². The van der Waals surface area contributed by atoms with Crippen LogP contribution < -0.4 is 0 Å². The zero-order chi connectivity index (χ0) is 21.5. The first-order valence-corrected chi connectivity index (χ1v) is 11.5.